The molecule has 0 aliphatic carbocycles. The zero-order valence-electron chi connectivity index (χ0n) is 16.1. The van der Waals surface area contributed by atoms with Gasteiger partial charge in [-0.2, -0.15) is 0 Å². The second-order valence-electron chi connectivity index (χ2n) is 6.67. The highest BCUT2D eigenvalue weighted by Crippen LogP contribution is 2.56. The van der Waals surface area contributed by atoms with Crippen molar-refractivity contribution in [3.63, 3.8) is 0 Å². The number of nitrogens with zero attached hydrogens (tertiary/aromatic N) is 1. The summed E-state index contributed by atoms with van der Waals surface area (Å²) >= 11 is 1.56. The van der Waals surface area contributed by atoms with Crippen LogP contribution in [-0.4, -0.2) is 23.8 Å². The summed E-state index contributed by atoms with van der Waals surface area (Å²) in [5, 5.41) is 3.49. The first-order valence-corrected chi connectivity index (χ1v) is 12.1. The standard InChI is InChI=1S/C23H22NO3PS/c1-2-27-23(25)20-15-16-24(22(20)21-14-9-17-29-21)28(26,18-10-5-3-6-11-18)19-12-7-4-8-13-19/h3-15,17,22H,2,16H2,1H3/t22-/m1/s1. The van der Waals surface area contributed by atoms with E-state index in [0.29, 0.717) is 18.7 Å². The maximum absolute atomic E-state index is 14.8. The Morgan fingerprint density at radius 2 is 1.66 bits per heavy atom. The van der Waals surface area contributed by atoms with Crippen molar-refractivity contribution in [1.29, 1.82) is 0 Å². The predicted octanol–water partition coefficient (Wildman–Crippen LogP) is 4.52. The van der Waals surface area contributed by atoms with Crippen LogP contribution in [0.25, 0.3) is 0 Å². The van der Waals surface area contributed by atoms with Crippen molar-refractivity contribution in [2.75, 3.05) is 13.2 Å². The number of carbonyl (C=O) groups excluding carboxylic acids is 1. The van der Waals surface area contributed by atoms with Gasteiger partial charge in [0.2, 0.25) is 7.29 Å². The SMILES string of the molecule is CCOC(=O)C1=CCN(P(=O)(c2ccccc2)c2ccccc2)[C@H]1c1cccs1. The van der Waals surface area contributed by atoms with Crippen LogP contribution in [-0.2, 0) is 14.1 Å². The van der Waals surface area contributed by atoms with Crippen LogP contribution in [0.3, 0.4) is 0 Å². The summed E-state index contributed by atoms with van der Waals surface area (Å²) < 4.78 is 22.1. The molecule has 4 rings (SSSR count). The van der Waals surface area contributed by atoms with Gasteiger partial charge in [0.05, 0.1) is 18.2 Å². The molecule has 0 radical (unpaired) electrons. The Morgan fingerprint density at radius 1 is 1.03 bits per heavy atom. The molecule has 4 nitrogen and oxygen atoms in total. The molecule has 6 heteroatoms. The van der Waals surface area contributed by atoms with Gasteiger partial charge in [-0.25, -0.2) is 9.46 Å². The van der Waals surface area contributed by atoms with Gasteiger partial charge in [0.25, 0.3) is 0 Å². The summed E-state index contributed by atoms with van der Waals surface area (Å²) in [6, 6.07) is 22.6. The van der Waals surface area contributed by atoms with Gasteiger partial charge in [-0.3, -0.25) is 4.57 Å². The van der Waals surface area contributed by atoms with E-state index in [1.807, 2.05) is 88.9 Å². The number of ether oxygens (including phenoxy) is 1. The molecule has 2 aromatic carbocycles. The molecule has 1 aliphatic heterocycles. The first kappa shape index (κ1) is 19.8. The number of thiophene rings is 1. The van der Waals surface area contributed by atoms with Crippen molar-refractivity contribution in [3.8, 4) is 0 Å². The molecule has 0 unspecified atom stereocenters. The van der Waals surface area contributed by atoms with Crippen LogP contribution < -0.4 is 10.6 Å². The van der Waals surface area contributed by atoms with Crippen LogP contribution in [0, 0.1) is 0 Å². The Kier molecular flexibility index (Phi) is 5.81. The smallest absolute Gasteiger partial charge is 0.335 e. The zero-order valence-corrected chi connectivity index (χ0v) is 17.8. The zero-order chi connectivity index (χ0) is 20.3. The molecule has 0 N–H and O–H groups in total. The van der Waals surface area contributed by atoms with Gasteiger partial charge < -0.3 is 4.74 Å². The Bertz CT molecular complexity index is 1000. The monoisotopic (exact) mass is 423 g/mol. The molecule has 2 heterocycles. The number of hydrogen-bond acceptors (Lipinski definition) is 4. The highest BCUT2D eigenvalue weighted by atomic mass is 32.1. The van der Waals surface area contributed by atoms with Gasteiger partial charge in [-0.15, -0.1) is 11.3 Å². The lowest BCUT2D eigenvalue weighted by Gasteiger charge is -2.34. The van der Waals surface area contributed by atoms with Gasteiger partial charge in [0.15, 0.2) is 0 Å². The minimum atomic E-state index is -3.18. The fraction of sp³-hybridized carbons (Fsp3) is 0.174. The summed E-state index contributed by atoms with van der Waals surface area (Å²) in [4.78, 5) is 13.7. The van der Waals surface area contributed by atoms with E-state index >= 15 is 0 Å². The van der Waals surface area contributed by atoms with Crippen molar-refractivity contribution < 1.29 is 14.1 Å². The van der Waals surface area contributed by atoms with E-state index in [4.69, 9.17) is 4.74 Å². The van der Waals surface area contributed by atoms with Gasteiger partial charge in [-0.1, -0.05) is 48.5 Å². The first-order chi connectivity index (χ1) is 14.2. The first-order valence-electron chi connectivity index (χ1n) is 9.55. The van der Waals surface area contributed by atoms with Crippen LogP contribution in [0.15, 0.2) is 89.8 Å². The Morgan fingerprint density at radius 3 is 2.17 bits per heavy atom. The summed E-state index contributed by atoms with van der Waals surface area (Å²) in [5.41, 5.74) is 0.557. The largest absolute Gasteiger partial charge is 0.463 e. The summed E-state index contributed by atoms with van der Waals surface area (Å²) in [6.45, 7) is 2.52. The van der Waals surface area contributed by atoms with Gasteiger partial charge in [0.1, 0.15) is 0 Å². The quantitative estimate of drug-likeness (QED) is 0.432. The number of carbonyl (C=O) groups is 1. The Balaban J connectivity index is 1.87. The normalized spacial score (nSPS) is 17.1. The number of benzene rings is 2. The van der Waals surface area contributed by atoms with E-state index in [0.717, 1.165) is 15.5 Å². The lowest BCUT2D eigenvalue weighted by molar-refractivity contribution is -0.138. The molecule has 0 saturated heterocycles. The molecule has 0 saturated carbocycles. The van der Waals surface area contributed by atoms with Crippen molar-refractivity contribution >= 4 is 35.2 Å². The number of rotatable bonds is 6. The number of hydrogen-bond donors (Lipinski definition) is 0. The van der Waals surface area contributed by atoms with Crippen molar-refractivity contribution in [2.45, 2.75) is 13.0 Å². The van der Waals surface area contributed by atoms with Crippen LogP contribution in [0.2, 0.25) is 0 Å². The maximum atomic E-state index is 14.8. The number of esters is 1. The molecule has 0 spiro atoms. The second kappa shape index (κ2) is 8.50. The van der Waals surface area contributed by atoms with Crippen molar-refractivity contribution in [1.82, 2.24) is 4.67 Å². The fourth-order valence-electron chi connectivity index (χ4n) is 3.71. The molecule has 0 amide bonds. The van der Waals surface area contributed by atoms with Crippen LogP contribution in [0.1, 0.15) is 17.8 Å². The van der Waals surface area contributed by atoms with Crippen LogP contribution >= 0.6 is 18.6 Å². The van der Waals surface area contributed by atoms with Crippen LogP contribution in [0.5, 0.6) is 0 Å². The third-order valence-electron chi connectivity index (χ3n) is 4.99. The molecule has 29 heavy (non-hydrogen) atoms. The summed E-state index contributed by atoms with van der Waals surface area (Å²) in [5.74, 6) is -0.346. The highest BCUT2D eigenvalue weighted by Gasteiger charge is 2.45. The lowest BCUT2D eigenvalue weighted by atomic mass is 10.1. The third-order valence-corrected chi connectivity index (χ3v) is 9.03. The van der Waals surface area contributed by atoms with Gasteiger partial charge >= 0.3 is 5.97 Å². The predicted molar refractivity (Wildman–Crippen MR) is 118 cm³/mol. The fourth-order valence-corrected chi connectivity index (χ4v) is 7.57. The second-order valence-corrected chi connectivity index (χ2v) is 10.3. The molecule has 3 aromatic rings. The molecular weight excluding hydrogens is 401 g/mol. The van der Waals surface area contributed by atoms with Crippen molar-refractivity contribution in [2.24, 2.45) is 0 Å². The molecule has 1 aliphatic rings. The third kappa shape index (κ3) is 3.62. The maximum Gasteiger partial charge on any atom is 0.335 e. The molecule has 1 aromatic heterocycles. The minimum Gasteiger partial charge on any atom is -0.463 e. The average Bonchev–Trinajstić information content (AvgIpc) is 3.44. The van der Waals surface area contributed by atoms with Gasteiger partial charge in [-0.05, 0) is 42.6 Å². The average molecular weight is 423 g/mol. The van der Waals surface area contributed by atoms with E-state index < -0.39 is 13.3 Å². The Hall–Kier alpha value is -2.46. The molecule has 0 bridgehead atoms. The molecular formula is C23H22NO3PS. The van der Waals surface area contributed by atoms with E-state index in [9.17, 15) is 9.36 Å². The summed E-state index contributed by atoms with van der Waals surface area (Å²) in [6.07, 6.45) is 1.86. The van der Waals surface area contributed by atoms with E-state index in [1.54, 1.807) is 18.3 Å². The van der Waals surface area contributed by atoms with E-state index in [2.05, 4.69) is 0 Å². The van der Waals surface area contributed by atoms with E-state index in [1.165, 1.54) is 0 Å². The highest BCUT2D eigenvalue weighted by molar-refractivity contribution is 7.76. The van der Waals surface area contributed by atoms with Gasteiger partial charge in [0, 0.05) is 22.0 Å². The minimum absolute atomic E-state index is 0.308. The van der Waals surface area contributed by atoms with E-state index in [-0.39, 0.29) is 5.97 Å². The topological polar surface area (TPSA) is 46.6 Å². The summed E-state index contributed by atoms with van der Waals surface area (Å²) in [7, 11) is -3.18. The Labute approximate surface area is 174 Å². The molecule has 0 fully saturated rings. The lowest BCUT2D eigenvalue weighted by Crippen LogP contribution is -2.33. The molecule has 148 valence electrons. The van der Waals surface area contributed by atoms with Crippen molar-refractivity contribution in [3.05, 3.63) is 94.7 Å². The van der Waals surface area contributed by atoms with Crippen LogP contribution in [0.4, 0.5) is 0 Å². The molecule has 1 atom stereocenters.